The lowest BCUT2D eigenvalue weighted by Crippen LogP contribution is -2.17. The predicted octanol–water partition coefficient (Wildman–Crippen LogP) is 1.60. The Morgan fingerprint density at radius 2 is 2.06 bits per heavy atom. The van der Waals surface area contributed by atoms with Crippen LogP contribution in [0.25, 0.3) is 0 Å². The molecule has 0 fully saturated rings. The summed E-state index contributed by atoms with van der Waals surface area (Å²) in [6, 6.07) is 4.73. The normalized spacial score (nSPS) is 12.3. The molecule has 98 valence electrons. The summed E-state index contributed by atoms with van der Waals surface area (Å²) in [6.07, 6.45) is 0. The molecule has 0 radical (unpaired) electrons. The largest absolute Gasteiger partial charge is 0.356 e. The number of amidine groups is 1. The van der Waals surface area contributed by atoms with Crippen LogP contribution in [-0.2, 0) is 10.0 Å². The van der Waals surface area contributed by atoms with Crippen LogP contribution >= 0.6 is 15.9 Å². The summed E-state index contributed by atoms with van der Waals surface area (Å²) in [4.78, 5) is 11.1. The number of hydrogen-bond acceptors (Lipinski definition) is 4. The quantitative estimate of drug-likeness (QED) is 0.275. The first-order valence-corrected chi connectivity index (χ1v) is 6.89. The number of non-ortho nitro benzene ring substituents is 1. The third kappa shape index (κ3) is 3.50. The molecule has 1 rings (SSSR count). The van der Waals surface area contributed by atoms with Gasteiger partial charge in [-0.25, -0.2) is 0 Å². The monoisotopic (exact) mass is 335 g/mol. The minimum absolute atomic E-state index is 0.106. The van der Waals surface area contributed by atoms with Gasteiger partial charge in [0, 0.05) is 26.2 Å². The molecule has 18 heavy (non-hydrogen) atoms. The SMILES string of the molecule is CN(C)/C(Br)=N/S(=O)(=O)c1cccc([N+](=O)[O-])c1. The van der Waals surface area contributed by atoms with Crippen LogP contribution in [-0.4, -0.2) is 37.1 Å². The van der Waals surface area contributed by atoms with Crippen LogP contribution in [0.5, 0.6) is 0 Å². The Morgan fingerprint density at radius 3 is 2.56 bits per heavy atom. The van der Waals surface area contributed by atoms with Crippen molar-refractivity contribution < 1.29 is 13.3 Å². The Balaban J connectivity index is 3.25. The van der Waals surface area contributed by atoms with Crippen LogP contribution in [0.15, 0.2) is 33.6 Å². The average Bonchev–Trinajstić information content (AvgIpc) is 2.28. The van der Waals surface area contributed by atoms with E-state index in [1.165, 1.54) is 23.1 Å². The lowest BCUT2D eigenvalue weighted by Gasteiger charge is -2.08. The summed E-state index contributed by atoms with van der Waals surface area (Å²) in [7, 11) is -0.750. The highest BCUT2D eigenvalue weighted by Gasteiger charge is 2.17. The lowest BCUT2D eigenvalue weighted by molar-refractivity contribution is -0.385. The summed E-state index contributed by atoms with van der Waals surface area (Å²) in [5.41, 5.74) is -0.299. The standard InChI is InChI=1S/C9H10BrN3O4S/c1-12(2)9(10)11-18(16,17)8-5-3-4-7(6-8)13(14)15/h3-6H,1-2H3/b11-9+. The molecule has 1 aromatic rings. The third-order valence-corrected chi connectivity index (χ3v) is 4.28. The number of nitro benzene ring substituents is 1. The zero-order valence-corrected chi connectivity index (χ0v) is 12.0. The van der Waals surface area contributed by atoms with E-state index >= 15 is 0 Å². The number of nitro groups is 1. The lowest BCUT2D eigenvalue weighted by atomic mass is 10.3. The second-order valence-corrected chi connectivity index (χ2v) is 5.80. The molecule has 0 saturated heterocycles. The van der Waals surface area contributed by atoms with Crippen LogP contribution in [0.4, 0.5) is 5.69 Å². The van der Waals surface area contributed by atoms with Crippen LogP contribution in [0, 0.1) is 10.1 Å². The predicted molar refractivity (Wildman–Crippen MR) is 70.3 cm³/mol. The Kier molecular flexibility index (Phi) is 4.41. The minimum Gasteiger partial charge on any atom is -0.356 e. The fraction of sp³-hybridized carbons (Fsp3) is 0.222. The number of rotatable bonds is 3. The van der Waals surface area contributed by atoms with Crippen molar-refractivity contribution in [2.75, 3.05) is 14.1 Å². The molecule has 0 aromatic heterocycles. The van der Waals surface area contributed by atoms with Crippen LogP contribution in [0.1, 0.15) is 0 Å². The summed E-state index contributed by atoms with van der Waals surface area (Å²) in [5.74, 6) is 0. The first-order valence-electron chi connectivity index (χ1n) is 4.66. The molecule has 0 aliphatic heterocycles. The smallest absolute Gasteiger partial charge is 0.285 e. The first-order chi connectivity index (χ1) is 8.24. The maximum Gasteiger partial charge on any atom is 0.285 e. The van der Waals surface area contributed by atoms with Gasteiger partial charge in [0.05, 0.1) is 9.82 Å². The molecule has 0 amide bonds. The number of sulfonamides is 1. The van der Waals surface area contributed by atoms with Crippen molar-refractivity contribution in [2.45, 2.75) is 4.90 Å². The van der Waals surface area contributed by atoms with Crippen molar-refractivity contribution in [2.24, 2.45) is 4.40 Å². The highest BCUT2D eigenvalue weighted by Crippen LogP contribution is 2.19. The highest BCUT2D eigenvalue weighted by molar-refractivity contribution is 9.18. The first kappa shape index (κ1) is 14.6. The van der Waals surface area contributed by atoms with E-state index in [1.807, 2.05) is 0 Å². The molecule has 0 atom stereocenters. The van der Waals surface area contributed by atoms with Crippen LogP contribution < -0.4 is 0 Å². The zero-order valence-electron chi connectivity index (χ0n) is 9.57. The van der Waals surface area contributed by atoms with Gasteiger partial charge in [0.25, 0.3) is 15.7 Å². The van der Waals surface area contributed by atoms with Crippen molar-refractivity contribution in [3.63, 3.8) is 0 Å². The fourth-order valence-electron chi connectivity index (χ4n) is 0.991. The van der Waals surface area contributed by atoms with Gasteiger partial charge in [-0.3, -0.25) is 10.1 Å². The van der Waals surface area contributed by atoms with Gasteiger partial charge in [-0.05, 0) is 22.0 Å². The van der Waals surface area contributed by atoms with Gasteiger partial charge in [0.15, 0.2) is 4.74 Å². The van der Waals surface area contributed by atoms with Crippen LogP contribution in [0.3, 0.4) is 0 Å². The molecular weight excluding hydrogens is 326 g/mol. The Hall–Kier alpha value is -1.48. The van der Waals surface area contributed by atoms with Crippen molar-refractivity contribution in [1.82, 2.24) is 4.90 Å². The number of hydrogen-bond donors (Lipinski definition) is 0. The van der Waals surface area contributed by atoms with E-state index in [9.17, 15) is 18.5 Å². The summed E-state index contributed by atoms with van der Waals surface area (Å²) in [6.45, 7) is 0. The van der Waals surface area contributed by atoms with Gasteiger partial charge < -0.3 is 4.90 Å². The molecule has 0 N–H and O–H groups in total. The number of nitrogens with zero attached hydrogens (tertiary/aromatic N) is 3. The van der Waals surface area contributed by atoms with E-state index in [0.29, 0.717) is 0 Å². The Morgan fingerprint density at radius 1 is 1.44 bits per heavy atom. The molecular formula is C9H10BrN3O4S. The Bertz CT molecular complexity index is 598. The maximum absolute atomic E-state index is 11.9. The molecule has 0 spiro atoms. The van der Waals surface area contributed by atoms with E-state index in [-0.39, 0.29) is 15.3 Å². The van der Waals surface area contributed by atoms with E-state index in [2.05, 4.69) is 20.3 Å². The summed E-state index contributed by atoms with van der Waals surface area (Å²) >= 11 is 2.99. The molecule has 0 aliphatic carbocycles. The number of halogens is 1. The second-order valence-electron chi connectivity index (χ2n) is 3.48. The molecule has 0 heterocycles. The van der Waals surface area contributed by atoms with Gasteiger partial charge >= 0.3 is 0 Å². The van der Waals surface area contributed by atoms with Gasteiger partial charge in [0.1, 0.15) is 0 Å². The van der Waals surface area contributed by atoms with Crippen molar-refractivity contribution in [1.29, 1.82) is 0 Å². The molecule has 7 nitrogen and oxygen atoms in total. The maximum atomic E-state index is 11.9. The van der Waals surface area contributed by atoms with Crippen molar-refractivity contribution >= 4 is 36.4 Å². The van der Waals surface area contributed by atoms with Crippen molar-refractivity contribution in [3.8, 4) is 0 Å². The van der Waals surface area contributed by atoms with Crippen LogP contribution in [0.2, 0.25) is 0 Å². The third-order valence-electron chi connectivity index (χ3n) is 1.89. The topological polar surface area (TPSA) is 92.9 Å². The van der Waals surface area contributed by atoms with Gasteiger partial charge in [0.2, 0.25) is 0 Å². The van der Waals surface area contributed by atoms with E-state index in [0.717, 1.165) is 6.07 Å². The Labute approximate surface area is 112 Å². The number of benzene rings is 1. The summed E-state index contributed by atoms with van der Waals surface area (Å²) in [5, 5.41) is 10.6. The van der Waals surface area contributed by atoms with Gasteiger partial charge in [-0.2, -0.15) is 8.42 Å². The molecule has 1 aromatic carbocycles. The van der Waals surface area contributed by atoms with Gasteiger partial charge in [-0.1, -0.05) is 6.07 Å². The minimum atomic E-state index is -3.97. The fourth-order valence-corrected chi connectivity index (χ4v) is 2.55. The molecule has 0 aliphatic rings. The van der Waals surface area contributed by atoms with E-state index < -0.39 is 14.9 Å². The zero-order chi connectivity index (χ0) is 13.9. The second kappa shape index (κ2) is 5.44. The van der Waals surface area contributed by atoms with E-state index in [1.54, 1.807) is 14.1 Å². The molecule has 0 unspecified atom stereocenters. The van der Waals surface area contributed by atoms with Gasteiger partial charge in [-0.15, -0.1) is 4.40 Å². The van der Waals surface area contributed by atoms with E-state index in [4.69, 9.17) is 0 Å². The molecule has 0 saturated carbocycles. The van der Waals surface area contributed by atoms with Crippen molar-refractivity contribution in [3.05, 3.63) is 34.4 Å². The molecule has 0 bridgehead atoms. The highest BCUT2D eigenvalue weighted by atomic mass is 79.9. The average molecular weight is 336 g/mol. The molecule has 9 heteroatoms. The summed E-state index contributed by atoms with van der Waals surface area (Å²) < 4.78 is 27.3.